The molecule has 1 aromatic heterocycles. The molecule has 25 heavy (non-hydrogen) atoms. The molecule has 0 fully saturated rings. The van der Waals surface area contributed by atoms with E-state index in [1.54, 1.807) is 39.8 Å². The maximum absolute atomic E-state index is 12.7. The first-order valence-corrected chi connectivity index (χ1v) is 7.82. The van der Waals surface area contributed by atoms with Crippen LogP contribution in [0.2, 0.25) is 0 Å². The molecule has 0 saturated heterocycles. The first-order valence-electron chi connectivity index (χ1n) is 7.82. The number of fused-ring (bicyclic) bond motifs is 1. The smallest absolute Gasteiger partial charge is 0.419 e. The third-order valence-electron chi connectivity index (χ3n) is 3.30. The molecule has 0 aliphatic rings. The number of carbonyl (C=O) groups is 2. The zero-order valence-corrected chi connectivity index (χ0v) is 14.9. The molecule has 7 nitrogen and oxygen atoms in total. The number of hydrogen-bond acceptors (Lipinski definition) is 6. The molecule has 0 amide bonds. The Kier molecular flexibility index (Phi) is 5.15. The van der Waals surface area contributed by atoms with Gasteiger partial charge in [-0.15, -0.1) is 0 Å². The van der Waals surface area contributed by atoms with Gasteiger partial charge in [0.2, 0.25) is 5.43 Å². The molecular formula is C18H21NO6. The van der Waals surface area contributed by atoms with Crippen molar-refractivity contribution in [2.75, 3.05) is 13.7 Å². The fourth-order valence-electron chi connectivity index (χ4n) is 2.25. The summed E-state index contributed by atoms with van der Waals surface area (Å²) in [6, 6.07) is 4.66. The maximum Gasteiger partial charge on any atom is 0.419 e. The normalized spacial score (nSPS) is 11.2. The number of methoxy groups -OCH3 is 1. The number of aromatic nitrogens is 1. The Bertz CT molecular complexity index is 875. The monoisotopic (exact) mass is 347 g/mol. The van der Waals surface area contributed by atoms with Crippen LogP contribution in [0, 0.1) is 0 Å². The standard InChI is InChI=1S/C18H21NO6/c1-6-24-16(21)13-10-19(17(22)25-18(2,3)4)14-8-7-11(23-5)9-12(14)15(13)20/h7-10H,6H2,1-5H3. The summed E-state index contributed by atoms with van der Waals surface area (Å²) in [5, 5.41) is 0.163. The van der Waals surface area contributed by atoms with Crippen LogP contribution < -0.4 is 10.2 Å². The maximum atomic E-state index is 12.7. The summed E-state index contributed by atoms with van der Waals surface area (Å²) in [5.41, 5.74) is -1.20. The van der Waals surface area contributed by atoms with E-state index in [4.69, 9.17) is 14.2 Å². The predicted molar refractivity (Wildman–Crippen MR) is 92.3 cm³/mol. The topological polar surface area (TPSA) is 83.8 Å². The second-order valence-electron chi connectivity index (χ2n) is 6.33. The molecule has 7 heteroatoms. The van der Waals surface area contributed by atoms with Crippen LogP contribution in [0.5, 0.6) is 5.75 Å². The molecule has 2 rings (SSSR count). The van der Waals surface area contributed by atoms with Crippen LogP contribution in [0.1, 0.15) is 38.1 Å². The van der Waals surface area contributed by atoms with Crippen molar-refractivity contribution in [2.24, 2.45) is 0 Å². The Labute approximate surface area is 145 Å². The van der Waals surface area contributed by atoms with E-state index in [9.17, 15) is 14.4 Å². The van der Waals surface area contributed by atoms with Gasteiger partial charge in [0.1, 0.15) is 16.9 Å². The highest BCUT2D eigenvalue weighted by Gasteiger charge is 2.23. The van der Waals surface area contributed by atoms with Gasteiger partial charge in [0.25, 0.3) is 0 Å². The number of esters is 1. The third kappa shape index (κ3) is 3.99. The van der Waals surface area contributed by atoms with Crippen molar-refractivity contribution in [3.63, 3.8) is 0 Å². The van der Waals surface area contributed by atoms with E-state index in [0.29, 0.717) is 11.3 Å². The van der Waals surface area contributed by atoms with E-state index >= 15 is 0 Å². The molecule has 0 bridgehead atoms. The minimum absolute atomic E-state index is 0.112. The van der Waals surface area contributed by atoms with Gasteiger partial charge in [-0.3, -0.25) is 9.36 Å². The second-order valence-corrected chi connectivity index (χ2v) is 6.33. The van der Waals surface area contributed by atoms with E-state index in [1.165, 1.54) is 13.2 Å². The zero-order chi connectivity index (χ0) is 18.8. The SMILES string of the molecule is CCOC(=O)c1cn(C(=O)OC(C)(C)C)c2ccc(OC)cc2c1=O. The number of pyridine rings is 1. The van der Waals surface area contributed by atoms with Crippen LogP contribution in [0.25, 0.3) is 10.9 Å². The van der Waals surface area contributed by atoms with Crippen LogP contribution >= 0.6 is 0 Å². The van der Waals surface area contributed by atoms with Crippen molar-refractivity contribution in [3.8, 4) is 5.75 Å². The van der Waals surface area contributed by atoms with Gasteiger partial charge >= 0.3 is 12.1 Å². The number of nitrogens with zero attached hydrogens (tertiary/aromatic N) is 1. The van der Waals surface area contributed by atoms with Crippen LogP contribution in [0.15, 0.2) is 29.2 Å². The van der Waals surface area contributed by atoms with Crippen LogP contribution in [0.4, 0.5) is 4.79 Å². The largest absolute Gasteiger partial charge is 0.497 e. The number of rotatable bonds is 3. The minimum Gasteiger partial charge on any atom is -0.497 e. The number of benzene rings is 1. The first kappa shape index (κ1) is 18.5. The van der Waals surface area contributed by atoms with Gasteiger partial charge in [0.05, 0.1) is 24.6 Å². The zero-order valence-electron chi connectivity index (χ0n) is 14.9. The summed E-state index contributed by atoms with van der Waals surface area (Å²) in [4.78, 5) is 37.3. The molecule has 0 aliphatic heterocycles. The molecular weight excluding hydrogens is 326 g/mol. The van der Waals surface area contributed by atoms with E-state index in [2.05, 4.69) is 0 Å². The molecule has 0 aliphatic carbocycles. The molecule has 2 aromatic rings. The first-order chi connectivity index (χ1) is 11.7. The fraction of sp³-hybridized carbons (Fsp3) is 0.389. The highest BCUT2D eigenvalue weighted by atomic mass is 16.6. The third-order valence-corrected chi connectivity index (χ3v) is 3.30. The van der Waals surface area contributed by atoms with Crippen molar-refractivity contribution < 1.29 is 23.8 Å². The highest BCUT2D eigenvalue weighted by Crippen LogP contribution is 2.20. The van der Waals surface area contributed by atoms with Crippen molar-refractivity contribution in [1.29, 1.82) is 0 Å². The van der Waals surface area contributed by atoms with Crippen LogP contribution in [-0.4, -0.2) is 35.9 Å². The summed E-state index contributed by atoms with van der Waals surface area (Å²) >= 11 is 0. The van der Waals surface area contributed by atoms with E-state index in [1.807, 2.05) is 0 Å². The molecule has 0 atom stereocenters. The average Bonchev–Trinajstić information content (AvgIpc) is 2.53. The van der Waals surface area contributed by atoms with Gasteiger partial charge in [-0.2, -0.15) is 0 Å². The summed E-state index contributed by atoms with van der Waals surface area (Å²) in [6.07, 6.45) is 0.455. The molecule has 0 unspecified atom stereocenters. The number of ether oxygens (including phenoxy) is 3. The van der Waals surface area contributed by atoms with Gasteiger partial charge in [0.15, 0.2) is 0 Å². The molecule has 0 spiro atoms. The molecule has 134 valence electrons. The summed E-state index contributed by atoms with van der Waals surface area (Å²) in [7, 11) is 1.46. The molecule has 1 aromatic carbocycles. The minimum atomic E-state index is -0.797. The molecule has 0 saturated carbocycles. The molecule has 0 N–H and O–H groups in total. The van der Waals surface area contributed by atoms with Gasteiger partial charge in [-0.1, -0.05) is 0 Å². The number of carbonyl (C=O) groups excluding carboxylic acids is 2. The van der Waals surface area contributed by atoms with E-state index in [-0.39, 0.29) is 17.6 Å². The Morgan fingerprint density at radius 3 is 2.44 bits per heavy atom. The van der Waals surface area contributed by atoms with Gasteiger partial charge in [-0.25, -0.2) is 9.59 Å². The van der Waals surface area contributed by atoms with Crippen molar-refractivity contribution in [2.45, 2.75) is 33.3 Å². The Hall–Kier alpha value is -2.83. The summed E-state index contributed by atoms with van der Waals surface area (Å²) < 4.78 is 16.5. The number of hydrogen-bond donors (Lipinski definition) is 0. The molecule has 1 heterocycles. The summed E-state index contributed by atoms with van der Waals surface area (Å²) in [5.74, 6) is -0.365. The van der Waals surface area contributed by atoms with Crippen molar-refractivity contribution in [3.05, 3.63) is 40.2 Å². The quantitative estimate of drug-likeness (QED) is 0.794. The lowest BCUT2D eigenvalue weighted by Gasteiger charge is -2.21. The lowest BCUT2D eigenvalue weighted by atomic mass is 10.1. The van der Waals surface area contributed by atoms with Crippen LogP contribution in [-0.2, 0) is 9.47 Å². The predicted octanol–water partition coefficient (Wildman–Crippen LogP) is 2.97. The van der Waals surface area contributed by atoms with Gasteiger partial charge < -0.3 is 14.2 Å². The van der Waals surface area contributed by atoms with Gasteiger partial charge in [0, 0.05) is 6.20 Å². The fourth-order valence-corrected chi connectivity index (χ4v) is 2.25. The Balaban J connectivity index is 2.75. The summed E-state index contributed by atoms with van der Waals surface area (Å²) in [6.45, 7) is 6.93. The van der Waals surface area contributed by atoms with Crippen LogP contribution in [0.3, 0.4) is 0 Å². The van der Waals surface area contributed by atoms with Gasteiger partial charge in [-0.05, 0) is 45.9 Å². The molecule has 0 radical (unpaired) electrons. The second kappa shape index (κ2) is 6.96. The highest BCUT2D eigenvalue weighted by molar-refractivity contribution is 5.97. The average molecular weight is 347 g/mol. The van der Waals surface area contributed by atoms with Crippen molar-refractivity contribution in [1.82, 2.24) is 4.57 Å². The van der Waals surface area contributed by atoms with E-state index in [0.717, 1.165) is 10.8 Å². The Morgan fingerprint density at radius 2 is 1.88 bits per heavy atom. The Morgan fingerprint density at radius 1 is 1.20 bits per heavy atom. The van der Waals surface area contributed by atoms with E-state index < -0.39 is 23.1 Å². The lowest BCUT2D eigenvalue weighted by Crippen LogP contribution is -2.29. The van der Waals surface area contributed by atoms with Crippen molar-refractivity contribution >= 4 is 23.0 Å². The lowest BCUT2D eigenvalue weighted by molar-refractivity contribution is 0.0521.